The van der Waals surface area contributed by atoms with Gasteiger partial charge in [0.15, 0.2) is 0 Å². The van der Waals surface area contributed by atoms with Crippen molar-refractivity contribution in [1.29, 1.82) is 0 Å². The van der Waals surface area contributed by atoms with Gasteiger partial charge in [-0.3, -0.25) is 0 Å². The molecular formula is C78H66N4. The molecule has 12 aromatic carbocycles. The van der Waals surface area contributed by atoms with Crippen LogP contribution in [-0.2, 0) is 38.5 Å². The number of fused-ring (bicyclic) bond motifs is 8. The number of benzene rings is 12. The third-order valence-electron chi connectivity index (χ3n) is 18.6. The van der Waals surface area contributed by atoms with E-state index >= 15 is 0 Å². The fourth-order valence-corrected chi connectivity index (χ4v) is 15.1. The molecule has 0 saturated carbocycles. The molecule has 2 aromatic heterocycles. The highest BCUT2D eigenvalue weighted by Crippen LogP contribution is 2.52. The fourth-order valence-electron chi connectivity index (χ4n) is 15.1. The molecule has 4 nitrogen and oxygen atoms in total. The molecule has 82 heavy (non-hydrogen) atoms. The predicted octanol–water partition coefficient (Wildman–Crippen LogP) is 21.4. The molecular weight excluding hydrogens is 993 g/mol. The van der Waals surface area contributed by atoms with Gasteiger partial charge in [0.2, 0.25) is 0 Å². The van der Waals surface area contributed by atoms with Crippen molar-refractivity contribution in [2.75, 3.05) is 9.80 Å². The van der Waals surface area contributed by atoms with Gasteiger partial charge in [-0.15, -0.1) is 0 Å². The van der Waals surface area contributed by atoms with Crippen LogP contribution in [0.25, 0.3) is 87.3 Å². The maximum Gasteiger partial charge on any atom is 0.0561 e. The van der Waals surface area contributed by atoms with Crippen LogP contribution in [0.1, 0.15) is 85.8 Å². The zero-order chi connectivity index (χ0) is 54.4. The fraction of sp³-hybridized carbons (Fsp3) is 0.179. The van der Waals surface area contributed by atoms with Crippen LogP contribution in [0.4, 0.5) is 34.1 Å². The number of rotatable bonds is 12. The molecule has 0 saturated heterocycles. The van der Waals surface area contributed by atoms with Crippen molar-refractivity contribution < 1.29 is 0 Å². The minimum atomic E-state index is 0.983. The van der Waals surface area contributed by atoms with Gasteiger partial charge >= 0.3 is 0 Å². The molecule has 0 bridgehead atoms. The second kappa shape index (κ2) is 19.8. The Morgan fingerprint density at radius 3 is 1.29 bits per heavy atom. The molecule has 0 radical (unpaired) electrons. The second-order valence-corrected chi connectivity index (χ2v) is 23.4. The lowest BCUT2D eigenvalue weighted by Gasteiger charge is -2.33. The lowest BCUT2D eigenvalue weighted by Crippen LogP contribution is -2.17. The summed E-state index contributed by atoms with van der Waals surface area (Å²) < 4.78 is 4.92. The van der Waals surface area contributed by atoms with Crippen molar-refractivity contribution in [3.63, 3.8) is 0 Å². The van der Waals surface area contributed by atoms with E-state index < -0.39 is 0 Å². The number of hydrogen-bond donors (Lipinski definition) is 0. The van der Waals surface area contributed by atoms with Crippen molar-refractivity contribution in [2.45, 2.75) is 90.9 Å². The average Bonchev–Trinajstić information content (AvgIpc) is 3.02. The average molecular weight is 1060 g/mol. The summed E-state index contributed by atoms with van der Waals surface area (Å²) >= 11 is 0. The van der Waals surface area contributed by atoms with Crippen LogP contribution in [0.15, 0.2) is 218 Å². The number of hydrogen-bond acceptors (Lipinski definition) is 2. The van der Waals surface area contributed by atoms with E-state index in [4.69, 9.17) is 0 Å². The summed E-state index contributed by atoms with van der Waals surface area (Å²) in [4.78, 5) is 5.36. The highest BCUT2D eigenvalue weighted by atomic mass is 15.2. The molecule has 0 aliphatic heterocycles. The molecule has 2 aliphatic rings. The first-order valence-corrected chi connectivity index (χ1v) is 30.4. The SMILES string of the molecule is CCCc1cc(N(c2ccc3c(c2)c2ccccc2n3-c2ccccc2)c2cccc3c2CCCC3)c2ccc3c(CCC)cc(N(c4ccc5c6ccccc6n(-c6ccccc6)c5c4)c4cccc5c4CCCC5)c4ccc1c2c34. The summed E-state index contributed by atoms with van der Waals surface area (Å²) in [5.74, 6) is 0. The summed E-state index contributed by atoms with van der Waals surface area (Å²) in [6.45, 7) is 4.70. The van der Waals surface area contributed by atoms with Crippen LogP contribution in [0.5, 0.6) is 0 Å². The van der Waals surface area contributed by atoms with E-state index in [0.29, 0.717) is 0 Å². The molecule has 0 fully saturated rings. The summed E-state index contributed by atoms with van der Waals surface area (Å²) in [5.41, 5.74) is 23.5. The number of nitrogens with zero attached hydrogens (tertiary/aromatic N) is 4. The van der Waals surface area contributed by atoms with Crippen molar-refractivity contribution in [1.82, 2.24) is 9.13 Å². The molecule has 398 valence electrons. The molecule has 0 N–H and O–H groups in total. The van der Waals surface area contributed by atoms with Crippen LogP contribution in [0, 0.1) is 0 Å². The van der Waals surface area contributed by atoms with Gasteiger partial charge in [-0.05, 0) is 210 Å². The number of para-hydroxylation sites is 4. The molecule has 16 rings (SSSR count). The molecule has 0 spiro atoms. The van der Waals surface area contributed by atoms with E-state index in [0.717, 1.165) is 51.4 Å². The van der Waals surface area contributed by atoms with Gasteiger partial charge in [0.05, 0.1) is 33.4 Å². The molecule has 4 heteroatoms. The first-order chi connectivity index (χ1) is 40.6. The molecule has 14 aromatic rings. The Morgan fingerprint density at radius 2 is 0.744 bits per heavy atom. The van der Waals surface area contributed by atoms with Crippen LogP contribution < -0.4 is 9.80 Å². The third-order valence-corrected chi connectivity index (χ3v) is 18.6. The highest BCUT2D eigenvalue weighted by molar-refractivity contribution is 6.29. The zero-order valence-electron chi connectivity index (χ0n) is 47.1. The first kappa shape index (κ1) is 48.8. The summed E-state index contributed by atoms with van der Waals surface area (Å²) in [7, 11) is 0. The van der Waals surface area contributed by atoms with Gasteiger partial charge in [0.1, 0.15) is 0 Å². The number of aryl methyl sites for hydroxylation is 4. The zero-order valence-corrected chi connectivity index (χ0v) is 47.1. The number of anilines is 6. The van der Waals surface area contributed by atoms with E-state index in [1.165, 1.54) is 180 Å². The van der Waals surface area contributed by atoms with Gasteiger partial charge in [-0.2, -0.15) is 0 Å². The largest absolute Gasteiger partial charge is 0.310 e. The quantitative estimate of drug-likeness (QED) is 0.113. The summed E-state index contributed by atoms with van der Waals surface area (Å²) in [5, 5.41) is 13.1. The van der Waals surface area contributed by atoms with E-state index in [9.17, 15) is 0 Å². The van der Waals surface area contributed by atoms with E-state index in [1.54, 1.807) is 0 Å². The van der Waals surface area contributed by atoms with Gasteiger partial charge in [-0.25, -0.2) is 0 Å². The summed E-state index contributed by atoms with van der Waals surface area (Å²) in [6.07, 6.45) is 13.3. The Bertz CT molecular complexity index is 4790. The maximum atomic E-state index is 2.68. The minimum absolute atomic E-state index is 0.983. The molecule has 0 atom stereocenters. The summed E-state index contributed by atoms with van der Waals surface area (Å²) in [6, 6.07) is 83.8. The maximum absolute atomic E-state index is 2.68. The topological polar surface area (TPSA) is 16.3 Å². The van der Waals surface area contributed by atoms with E-state index in [1.807, 2.05) is 0 Å². The van der Waals surface area contributed by atoms with Crippen molar-refractivity contribution in [2.24, 2.45) is 0 Å². The van der Waals surface area contributed by atoms with Crippen molar-refractivity contribution in [3.05, 3.63) is 252 Å². The standard InChI is InChI=1S/C78H66N4/c1-3-21-53-47-74(81(69-37-19-25-51-23-11-13-31-59(51)69)57-40-46-73-68(49-57)64-34-16-18-36-72(64)79(73)55-27-7-5-8-28-55)66-44-42-62-54(22-4-2)48-75(67-45-43-61(53)77(66)78(62)67)82(70-38-20-26-52-24-12-14-32-60(52)70)58-39-41-65-63-33-15-17-35-71(63)80(76(65)50-58)56-29-9-6-10-30-56/h5-10,15-20,25-30,33-50H,3-4,11-14,21-24,31-32H2,1-2H3. The molecule has 2 aliphatic carbocycles. The van der Waals surface area contributed by atoms with Crippen LogP contribution >= 0.6 is 0 Å². The van der Waals surface area contributed by atoms with Crippen LogP contribution in [0.2, 0.25) is 0 Å². The van der Waals surface area contributed by atoms with Gasteiger partial charge in [0.25, 0.3) is 0 Å². The Balaban J connectivity index is 0.992. The van der Waals surface area contributed by atoms with Gasteiger partial charge in [-0.1, -0.05) is 154 Å². The van der Waals surface area contributed by atoms with E-state index in [2.05, 4.69) is 251 Å². The van der Waals surface area contributed by atoms with Crippen LogP contribution in [-0.4, -0.2) is 9.13 Å². The lowest BCUT2D eigenvalue weighted by molar-refractivity contribution is 0.686. The van der Waals surface area contributed by atoms with Crippen LogP contribution in [0.3, 0.4) is 0 Å². The normalized spacial score (nSPS) is 13.5. The molecule has 0 amide bonds. The minimum Gasteiger partial charge on any atom is -0.310 e. The van der Waals surface area contributed by atoms with Gasteiger partial charge < -0.3 is 18.9 Å². The van der Waals surface area contributed by atoms with E-state index in [-0.39, 0.29) is 0 Å². The lowest BCUT2D eigenvalue weighted by atomic mass is 9.85. The Morgan fingerprint density at radius 1 is 0.317 bits per heavy atom. The second-order valence-electron chi connectivity index (χ2n) is 23.4. The Hall–Kier alpha value is -9.12. The molecule has 0 unspecified atom stereocenters. The molecule has 2 heterocycles. The highest BCUT2D eigenvalue weighted by Gasteiger charge is 2.29. The first-order valence-electron chi connectivity index (χ1n) is 30.4. The monoisotopic (exact) mass is 1060 g/mol. The third kappa shape index (κ3) is 7.64. The smallest absolute Gasteiger partial charge is 0.0561 e. The Kier molecular flexibility index (Phi) is 11.8. The van der Waals surface area contributed by atoms with Crippen molar-refractivity contribution >= 4 is 110 Å². The van der Waals surface area contributed by atoms with Crippen molar-refractivity contribution in [3.8, 4) is 11.4 Å². The number of aromatic nitrogens is 2. The predicted molar refractivity (Wildman–Crippen MR) is 349 cm³/mol. The van der Waals surface area contributed by atoms with Gasteiger partial charge in [0, 0.05) is 66.4 Å². The Labute approximate surface area is 480 Å².